The molecule has 2 aromatic carbocycles. The molecule has 1 aliphatic carbocycles. The van der Waals surface area contributed by atoms with Crippen molar-refractivity contribution < 1.29 is 24.6 Å². The Kier molecular flexibility index (Phi) is 5.50. The second-order valence-electron chi connectivity index (χ2n) is 8.16. The first-order valence-electron chi connectivity index (χ1n) is 10.3. The second kappa shape index (κ2) is 8.26. The molecule has 1 aliphatic heterocycles. The van der Waals surface area contributed by atoms with E-state index in [1.54, 1.807) is 4.90 Å². The highest BCUT2D eigenvalue weighted by atomic mass is 16.4. The standard InChI is InChI=1S/C24H24N2O5/c27-19(28)13-25-22(30)20-21(29)24(11-4-12-24)15-26(23(20)31)14-16-7-9-18(10-8-16)17-5-2-1-3-6-17/h1-3,5-10,29H,4,11-15H2,(H,25,30)(H,27,28). The molecular formula is C24H24N2O5. The number of amides is 2. The number of nitrogens with one attached hydrogen (secondary N) is 1. The van der Waals surface area contributed by atoms with Gasteiger partial charge in [-0.05, 0) is 29.5 Å². The lowest BCUT2D eigenvalue weighted by Crippen LogP contribution is -2.53. The smallest absolute Gasteiger partial charge is 0.322 e. The molecular weight excluding hydrogens is 396 g/mol. The lowest BCUT2D eigenvalue weighted by molar-refractivity contribution is -0.140. The number of carboxylic acid groups (broad SMARTS) is 1. The van der Waals surface area contributed by atoms with Crippen LogP contribution < -0.4 is 5.32 Å². The van der Waals surface area contributed by atoms with E-state index in [9.17, 15) is 19.5 Å². The number of aliphatic carboxylic acids is 1. The fraction of sp³-hybridized carbons (Fsp3) is 0.292. The number of benzene rings is 2. The minimum Gasteiger partial charge on any atom is -0.511 e. The van der Waals surface area contributed by atoms with Crippen molar-refractivity contribution in [2.45, 2.75) is 25.8 Å². The predicted molar refractivity (Wildman–Crippen MR) is 114 cm³/mol. The van der Waals surface area contributed by atoms with Crippen LogP contribution in [-0.2, 0) is 20.9 Å². The van der Waals surface area contributed by atoms with Gasteiger partial charge in [-0.25, -0.2) is 0 Å². The fourth-order valence-corrected chi connectivity index (χ4v) is 4.27. The number of hydrogen-bond acceptors (Lipinski definition) is 4. The molecule has 4 rings (SSSR count). The third-order valence-corrected chi connectivity index (χ3v) is 6.11. The van der Waals surface area contributed by atoms with Crippen LogP contribution in [0.1, 0.15) is 24.8 Å². The van der Waals surface area contributed by atoms with E-state index in [1.807, 2.05) is 54.6 Å². The minimum atomic E-state index is -1.22. The van der Waals surface area contributed by atoms with Gasteiger partial charge in [-0.15, -0.1) is 0 Å². The summed E-state index contributed by atoms with van der Waals surface area (Å²) in [5.74, 6) is -2.85. The topological polar surface area (TPSA) is 107 Å². The summed E-state index contributed by atoms with van der Waals surface area (Å²) in [5.41, 5.74) is 2.12. The first-order chi connectivity index (χ1) is 14.9. The van der Waals surface area contributed by atoms with Gasteiger partial charge in [0.1, 0.15) is 17.9 Å². The summed E-state index contributed by atoms with van der Waals surface area (Å²) in [7, 11) is 0. The van der Waals surface area contributed by atoms with E-state index in [0.29, 0.717) is 25.9 Å². The second-order valence-corrected chi connectivity index (χ2v) is 8.16. The molecule has 1 fully saturated rings. The first-order valence-corrected chi connectivity index (χ1v) is 10.3. The molecule has 3 N–H and O–H groups in total. The van der Waals surface area contributed by atoms with Gasteiger partial charge in [0.2, 0.25) is 0 Å². The van der Waals surface area contributed by atoms with Crippen molar-refractivity contribution >= 4 is 17.8 Å². The van der Waals surface area contributed by atoms with E-state index in [-0.39, 0.29) is 11.3 Å². The normalized spacial score (nSPS) is 17.4. The summed E-state index contributed by atoms with van der Waals surface area (Å²) >= 11 is 0. The summed E-state index contributed by atoms with van der Waals surface area (Å²) in [6, 6.07) is 17.9. The van der Waals surface area contributed by atoms with Gasteiger partial charge in [-0.1, -0.05) is 61.0 Å². The molecule has 31 heavy (non-hydrogen) atoms. The number of carbonyl (C=O) groups excluding carboxylic acids is 2. The summed E-state index contributed by atoms with van der Waals surface area (Å²) < 4.78 is 0. The number of aliphatic hydroxyl groups excluding tert-OH is 1. The number of rotatable bonds is 6. The molecule has 0 aromatic heterocycles. The molecule has 2 aromatic rings. The molecule has 160 valence electrons. The Balaban J connectivity index is 1.55. The number of carboxylic acids is 1. The van der Waals surface area contributed by atoms with Gasteiger partial charge in [0.05, 0.1) is 0 Å². The Hall–Kier alpha value is -3.61. The Morgan fingerprint density at radius 1 is 1.00 bits per heavy atom. The maximum absolute atomic E-state index is 13.0. The average molecular weight is 420 g/mol. The third kappa shape index (κ3) is 4.03. The zero-order chi connectivity index (χ0) is 22.0. The van der Waals surface area contributed by atoms with E-state index in [0.717, 1.165) is 23.1 Å². The van der Waals surface area contributed by atoms with Crippen molar-refractivity contribution in [2.75, 3.05) is 13.1 Å². The van der Waals surface area contributed by atoms with Crippen molar-refractivity contribution in [1.82, 2.24) is 10.2 Å². The summed E-state index contributed by atoms with van der Waals surface area (Å²) in [5, 5.41) is 21.7. The van der Waals surface area contributed by atoms with Crippen molar-refractivity contribution in [3.05, 3.63) is 71.5 Å². The van der Waals surface area contributed by atoms with Gasteiger partial charge in [0.15, 0.2) is 0 Å². The van der Waals surface area contributed by atoms with Crippen molar-refractivity contribution in [1.29, 1.82) is 0 Å². The van der Waals surface area contributed by atoms with E-state index >= 15 is 0 Å². The third-order valence-electron chi connectivity index (χ3n) is 6.11. The van der Waals surface area contributed by atoms with Gasteiger partial charge < -0.3 is 20.4 Å². The van der Waals surface area contributed by atoms with Crippen molar-refractivity contribution in [3.8, 4) is 11.1 Å². The molecule has 0 unspecified atom stereocenters. The van der Waals surface area contributed by atoms with Crippen LogP contribution in [0.15, 0.2) is 65.9 Å². The van der Waals surface area contributed by atoms with E-state index in [1.165, 1.54) is 0 Å². The minimum absolute atomic E-state index is 0.206. The van der Waals surface area contributed by atoms with Gasteiger partial charge >= 0.3 is 5.97 Å². The molecule has 1 spiro atoms. The lowest BCUT2D eigenvalue weighted by Gasteiger charge is -2.48. The lowest BCUT2D eigenvalue weighted by atomic mass is 9.64. The van der Waals surface area contributed by atoms with Crippen LogP contribution in [0.25, 0.3) is 11.1 Å². The zero-order valence-corrected chi connectivity index (χ0v) is 17.0. The van der Waals surface area contributed by atoms with Crippen LogP contribution in [0, 0.1) is 5.41 Å². The highest BCUT2D eigenvalue weighted by Crippen LogP contribution is 2.50. The van der Waals surface area contributed by atoms with Crippen LogP contribution in [-0.4, -0.2) is 46.0 Å². The molecule has 7 heteroatoms. The molecule has 2 aliphatic rings. The van der Waals surface area contributed by atoms with Crippen LogP contribution >= 0.6 is 0 Å². The summed E-state index contributed by atoms with van der Waals surface area (Å²) in [4.78, 5) is 37.9. The Labute approximate surface area is 180 Å². The highest BCUT2D eigenvalue weighted by Gasteiger charge is 2.50. The Morgan fingerprint density at radius 2 is 1.65 bits per heavy atom. The molecule has 1 heterocycles. The summed E-state index contributed by atoms with van der Waals surface area (Å²) in [6.07, 6.45) is 2.28. The molecule has 0 bridgehead atoms. The predicted octanol–water partition coefficient (Wildman–Crippen LogP) is 2.88. The quantitative estimate of drug-likeness (QED) is 0.623. The Morgan fingerprint density at radius 3 is 2.23 bits per heavy atom. The van der Waals surface area contributed by atoms with Crippen molar-refractivity contribution in [2.24, 2.45) is 5.41 Å². The molecule has 0 saturated heterocycles. The van der Waals surface area contributed by atoms with Crippen LogP contribution in [0.2, 0.25) is 0 Å². The van der Waals surface area contributed by atoms with Gasteiger partial charge in [-0.2, -0.15) is 0 Å². The number of hydrogen-bond donors (Lipinski definition) is 3. The fourth-order valence-electron chi connectivity index (χ4n) is 4.27. The van der Waals surface area contributed by atoms with E-state index < -0.39 is 29.7 Å². The first kappa shape index (κ1) is 20.7. The number of carbonyl (C=O) groups is 3. The highest BCUT2D eigenvalue weighted by molar-refractivity contribution is 6.19. The molecule has 1 saturated carbocycles. The Bertz CT molecular complexity index is 1040. The largest absolute Gasteiger partial charge is 0.511 e. The van der Waals surface area contributed by atoms with Crippen LogP contribution in [0.4, 0.5) is 0 Å². The van der Waals surface area contributed by atoms with Gasteiger partial charge in [0, 0.05) is 18.5 Å². The number of nitrogens with zero attached hydrogens (tertiary/aromatic N) is 1. The summed E-state index contributed by atoms with van der Waals surface area (Å²) in [6.45, 7) is 0.0311. The SMILES string of the molecule is O=C(O)CNC(=O)C1=C(O)C2(CCC2)CN(Cc2ccc(-c3ccccc3)cc2)C1=O. The molecule has 7 nitrogen and oxygen atoms in total. The average Bonchev–Trinajstić information content (AvgIpc) is 2.74. The van der Waals surface area contributed by atoms with E-state index in [2.05, 4.69) is 5.32 Å². The maximum Gasteiger partial charge on any atom is 0.322 e. The van der Waals surface area contributed by atoms with E-state index in [4.69, 9.17) is 5.11 Å². The maximum atomic E-state index is 13.0. The van der Waals surface area contributed by atoms with Crippen LogP contribution in [0.5, 0.6) is 0 Å². The zero-order valence-electron chi connectivity index (χ0n) is 17.0. The van der Waals surface area contributed by atoms with Crippen LogP contribution in [0.3, 0.4) is 0 Å². The monoisotopic (exact) mass is 420 g/mol. The van der Waals surface area contributed by atoms with Gasteiger partial charge in [0.25, 0.3) is 11.8 Å². The molecule has 0 radical (unpaired) electrons. The molecule has 0 atom stereocenters. The van der Waals surface area contributed by atoms with Crippen molar-refractivity contribution in [3.63, 3.8) is 0 Å². The van der Waals surface area contributed by atoms with Gasteiger partial charge in [-0.3, -0.25) is 14.4 Å². The molecule has 2 amide bonds. The number of aliphatic hydroxyl groups is 1.